The number of nitrogens with one attached hydrogen (secondary N) is 1. The summed E-state index contributed by atoms with van der Waals surface area (Å²) in [5.74, 6) is 0.443. The molecule has 96 valence electrons. The van der Waals surface area contributed by atoms with E-state index in [0.717, 1.165) is 12.8 Å². The third-order valence-corrected chi connectivity index (χ3v) is 4.27. The van der Waals surface area contributed by atoms with Crippen LogP contribution in [0.5, 0.6) is 0 Å². The maximum Gasteiger partial charge on any atom is 0.0571 e. The molecule has 1 fully saturated rings. The Morgan fingerprint density at radius 2 is 2.11 bits per heavy atom. The summed E-state index contributed by atoms with van der Waals surface area (Å²) in [6.45, 7) is 2.13. The molecule has 0 amide bonds. The molecule has 0 bridgehead atoms. The lowest BCUT2D eigenvalue weighted by atomic mass is 9.82. The largest absolute Gasteiger partial charge is 0.393 e. The van der Waals surface area contributed by atoms with Crippen LogP contribution in [0.2, 0.25) is 0 Å². The Labute approximate surface area is 108 Å². The number of H-pyrrole nitrogens is 1. The van der Waals surface area contributed by atoms with Crippen LogP contribution in [0.4, 0.5) is 0 Å². The fourth-order valence-electron chi connectivity index (χ4n) is 3.17. The van der Waals surface area contributed by atoms with E-state index in [1.54, 1.807) is 0 Å². The molecule has 2 atom stereocenters. The molecule has 1 aliphatic carbocycles. The Morgan fingerprint density at radius 1 is 1.28 bits per heavy atom. The topological polar surface area (TPSA) is 36.0 Å². The minimum atomic E-state index is -0.103. The number of hydrogen-bond acceptors (Lipinski definition) is 1. The minimum absolute atomic E-state index is 0.103. The molecule has 0 spiro atoms. The molecule has 18 heavy (non-hydrogen) atoms. The average molecular weight is 243 g/mol. The van der Waals surface area contributed by atoms with Crippen molar-refractivity contribution in [1.82, 2.24) is 4.98 Å². The van der Waals surface area contributed by atoms with Gasteiger partial charge in [-0.05, 0) is 49.8 Å². The van der Waals surface area contributed by atoms with Crippen molar-refractivity contribution in [3.8, 4) is 0 Å². The summed E-state index contributed by atoms with van der Waals surface area (Å²) in [6.07, 6.45) is 7.61. The second-order valence-electron chi connectivity index (χ2n) is 5.68. The van der Waals surface area contributed by atoms with Crippen LogP contribution in [0.3, 0.4) is 0 Å². The molecule has 2 heteroatoms. The van der Waals surface area contributed by atoms with Crippen molar-refractivity contribution in [3.05, 3.63) is 35.5 Å². The van der Waals surface area contributed by atoms with E-state index in [9.17, 15) is 5.11 Å². The molecule has 2 nitrogen and oxygen atoms in total. The third-order valence-electron chi connectivity index (χ3n) is 4.27. The molecule has 1 aliphatic rings. The maximum absolute atomic E-state index is 10.1. The molecule has 2 N–H and O–H groups in total. The van der Waals surface area contributed by atoms with Gasteiger partial charge in [0, 0.05) is 17.1 Å². The predicted octanol–water partition coefficient (Wildman–Crippen LogP) is 3.57. The van der Waals surface area contributed by atoms with E-state index < -0.39 is 0 Å². The quantitative estimate of drug-likeness (QED) is 0.831. The number of rotatable bonds is 2. The van der Waals surface area contributed by atoms with E-state index in [1.807, 2.05) is 0 Å². The van der Waals surface area contributed by atoms with Crippen molar-refractivity contribution < 1.29 is 5.11 Å². The Balaban J connectivity index is 1.87. The summed E-state index contributed by atoms with van der Waals surface area (Å²) in [6, 6.07) is 6.53. The van der Waals surface area contributed by atoms with Crippen LogP contribution in [0.1, 0.15) is 36.8 Å². The number of benzene rings is 1. The lowest BCUT2D eigenvalue weighted by Gasteiger charge is -2.27. The van der Waals surface area contributed by atoms with Gasteiger partial charge in [0.2, 0.25) is 0 Å². The van der Waals surface area contributed by atoms with Crippen LogP contribution < -0.4 is 0 Å². The van der Waals surface area contributed by atoms with Gasteiger partial charge in [0.15, 0.2) is 0 Å². The molecule has 1 aromatic heterocycles. The van der Waals surface area contributed by atoms with Gasteiger partial charge in [0.1, 0.15) is 0 Å². The highest BCUT2D eigenvalue weighted by Crippen LogP contribution is 2.30. The smallest absolute Gasteiger partial charge is 0.0571 e. The molecule has 1 heterocycles. The van der Waals surface area contributed by atoms with E-state index in [-0.39, 0.29) is 6.10 Å². The average Bonchev–Trinajstić information content (AvgIpc) is 2.75. The second-order valence-corrected chi connectivity index (χ2v) is 5.68. The van der Waals surface area contributed by atoms with E-state index in [4.69, 9.17) is 0 Å². The molecule has 2 aromatic rings. The van der Waals surface area contributed by atoms with Crippen molar-refractivity contribution in [2.75, 3.05) is 0 Å². The number of aromatic nitrogens is 1. The zero-order valence-corrected chi connectivity index (χ0v) is 10.9. The van der Waals surface area contributed by atoms with Crippen LogP contribution in [0, 0.1) is 12.8 Å². The first-order valence-electron chi connectivity index (χ1n) is 6.99. The van der Waals surface area contributed by atoms with Crippen LogP contribution in [0.15, 0.2) is 24.4 Å². The fraction of sp³-hybridized carbons (Fsp3) is 0.500. The third kappa shape index (κ3) is 2.17. The summed E-state index contributed by atoms with van der Waals surface area (Å²) in [5.41, 5.74) is 3.87. The number of aliphatic hydroxyl groups is 1. The van der Waals surface area contributed by atoms with Gasteiger partial charge in [-0.3, -0.25) is 0 Å². The maximum atomic E-state index is 10.1. The van der Waals surface area contributed by atoms with Crippen molar-refractivity contribution in [1.29, 1.82) is 0 Å². The van der Waals surface area contributed by atoms with Gasteiger partial charge >= 0.3 is 0 Å². The molecule has 3 rings (SSSR count). The highest BCUT2D eigenvalue weighted by Gasteiger charge is 2.23. The molecule has 0 saturated heterocycles. The highest BCUT2D eigenvalue weighted by molar-refractivity contribution is 5.83. The van der Waals surface area contributed by atoms with Crippen molar-refractivity contribution in [2.24, 2.45) is 5.92 Å². The number of aromatic amines is 1. The number of aliphatic hydroxyl groups excluding tert-OH is 1. The Morgan fingerprint density at radius 3 is 2.94 bits per heavy atom. The lowest BCUT2D eigenvalue weighted by Crippen LogP contribution is -2.26. The molecular formula is C16H21NO. The molecule has 0 aliphatic heterocycles. The molecule has 1 saturated carbocycles. The Bertz CT molecular complexity index is 543. The number of hydrogen-bond donors (Lipinski definition) is 2. The zero-order chi connectivity index (χ0) is 12.5. The van der Waals surface area contributed by atoms with Gasteiger partial charge in [-0.15, -0.1) is 0 Å². The number of aryl methyl sites for hydroxylation is 1. The van der Waals surface area contributed by atoms with Gasteiger partial charge in [-0.2, -0.15) is 0 Å². The molecular weight excluding hydrogens is 222 g/mol. The zero-order valence-electron chi connectivity index (χ0n) is 10.9. The lowest BCUT2D eigenvalue weighted by molar-refractivity contribution is 0.0702. The van der Waals surface area contributed by atoms with Gasteiger partial charge in [0.25, 0.3) is 0 Å². The molecule has 2 unspecified atom stereocenters. The SMILES string of the molecule is Cc1ccc2[nH]cc(CC3CCCCC3O)c2c1. The van der Waals surface area contributed by atoms with E-state index in [1.165, 1.54) is 41.3 Å². The monoisotopic (exact) mass is 243 g/mol. The van der Waals surface area contributed by atoms with Crippen LogP contribution in [-0.2, 0) is 6.42 Å². The first kappa shape index (κ1) is 11.8. The van der Waals surface area contributed by atoms with Crippen molar-refractivity contribution >= 4 is 10.9 Å². The standard InChI is InChI=1S/C16H21NO/c1-11-6-7-15-14(8-11)13(10-17-15)9-12-4-2-3-5-16(12)18/h6-8,10,12,16-18H,2-5,9H2,1H3. The van der Waals surface area contributed by atoms with Gasteiger partial charge < -0.3 is 10.1 Å². The van der Waals surface area contributed by atoms with E-state index >= 15 is 0 Å². The summed E-state index contributed by atoms with van der Waals surface area (Å²) < 4.78 is 0. The Hall–Kier alpha value is -1.28. The first-order valence-corrected chi connectivity index (χ1v) is 6.99. The fourth-order valence-corrected chi connectivity index (χ4v) is 3.17. The molecule has 1 aromatic carbocycles. The Kier molecular flexibility index (Phi) is 3.13. The summed E-state index contributed by atoms with van der Waals surface area (Å²) in [7, 11) is 0. The normalized spacial score (nSPS) is 24.6. The van der Waals surface area contributed by atoms with Crippen LogP contribution in [0.25, 0.3) is 10.9 Å². The highest BCUT2D eigenvalue weighted by atomic mass is 16.3. The van der Waals surface area contributed by atoms with E-state index in [2.05, 4.69) is 36.3 Å². The second kappa shape index (κ2) is 4.77. The summed E-state index contributed by atoms with van der Waals surface area (Å²) in [4.78, 5) is 3.34. The van der Waals surface area contributed by atoms with Crippen LogP contribution >= 0.6 is 0 Å². The van der Waals surface area contributed by atoms with Crippen LogP contribution in [-0.4, -0.2) is 16.2 Å². The summed E-state index contributed by atoms with van der Waals surface area (Å²) >= 11 is 0. The van der Waals surface area contributed by atoms with E-state index in [0.29, 0.717) is 5.92 Å². The number of fused-ring (bicyclic) bond motifs is 1. The summed E-state index contributed by atoms with van der Waals surface area (Å²) in [5, 5.41) is 11.4. The van der Waals surface area contributed by atoms with Crippen molar-refractivity contribution in [2.45, 2.75) is 45.1 Å². The van der Waals surface area contributed by atoms with Gasteiger partial charge in [0.05, 0.1) is 6.10 Å². The van der Waals surface area contributed by atoms with Crippen molar-refractivity contribution in [3.63, 3.8) is 0 Å². The minimum Gasteiger partial charge on any atom is -0.393 e. The predicted molar refractivity (Wildman–Crippen MR) is 74.7 cm³/mol. The first-order chi connectivity index (χ1) is 8.74. The molecule has 0 radical (unpaired) electrons. The van der Waals surface area contributed by atoms with Gasteiger partial charge in [-0.1, -0.05) is 24.5 Å². The van der Waals surface area contributed by atoms with Gasteiger partial charge in [-0.25, -0.2) is 0 Å².